The maximum Gasteiger partial charge on any atom is 0.327 e. The van der Waals surface area contributed by atoms with Crippen molar-refractivity contribution in [3.8, 4) is 5.75 Å². The molecule has 2 N–H and O–H groups in total. The third kappa shape index (κ3) is 4.03. The molecule has 0 amide bonds. The van der Waals surface area contributed by atoms with Crippen LogP contribution >= 0.6 is 12.6 Å². The Hall–Kier alpha value is -3.06. The molecule has 3 rings (SSSR count). The van der Waals surface area contributed by atoms with Crippen molar-refractivity contribution >= 4 is 41.1 Å². The molecule has 2 aromatic carbocycles. The highest BCUT2D eigenvalue weighted by atomic mass is 32.1. The van der Waals surface area contributed by atoms with Crippen LogP contribution in [0.2, 0.25) is 0 Å². The minimum Gasteiger partial charge on any atom is -0.497 e. The van der Waals surface area contributed by atoms with E-state index in [1.54, 1.807) is 43.5 Å². The van der Waals surface area contributed by atoms with Gasteiger partial charge in [0.15, 0.2) is 5.78 Å². The highest BCUT2D eigenvalue weighted by Crippen LogP contribution is 2.25. The molecule has 3 aromatic rings. The third-order valence-corrected chi connectivity index (χ3v) is 4.48. The zero-order valence-corrected chi connectivity index (χ0v) is 15.4. The number of aromatic nitrogens is 1. The van der Waals surface area contributed by atoms with Crippen molar-refractivity contribution in [2.24, 2.45) is 0 Å². The zero-order chi connectivity index (χ0) is 19.4. The number of thiol groups is 1. The van der Waals surface area contributed by atoms with Crippen LogP contribution in [0.15, 0.2) is 54.6 Å². The summed E-state index contributed by atoms with van der Waals surface area (Å²) >= 11 is 4.07. The Morgan fingerprint density at radius 1 is 1.19 bits per heavy atom. The minimum atomic E-state index is -1.07. The van der Waals surface area contributed by atoms with Crippen molar-refractivity contribution in [1.82, 2.24) is 4.98 Å². The summed E-state index contributed by atoms with van der Waals surface area (Å²) in [6.07, 6.45) is 0. The summed E-state index contributed by atoms with van der Waals surface area (Å²) in [5, 5.41) is 12.9. The van der Waals surface area contributed by atoms with Crippen LogP contribution < -0.4 is 10.1 Å². The van der Waals surface area contributed by atoms with Crippen LogP contribution in [0.25, 0.3) is 10.9 Å². The molecular weight excluding hydrogens is 364 g/mol. The number of methoxy groups -OCH3 is 1. The molecule has 27 heavy (non-hydrogen) atoms. The molecule has 0 spiro atoms. The molecule has 138 valence electrons. The molecular formula is C20H18N2O4S. The molecule has 0 fully saturated rings. The second kappa shape index (κ2) is 8.09. The van der Waals surface area contributed by atoms with Gasteiger partial charge in [-0.25, -0.2) is 9.78 Å². The van der Waals surface area contributed by atoms with E-state index in [9.17, 15) is 14.7 Å². The molecule has 0 aliphatic carbocycles. The number of carbonyl (C=O) groups is 2. The molecule has 1 unspecified atom stereocenters. The molecule has 0 bridgehead atoms. The summed E-state index contributed by atoms with van der Waals surface area (Å²) in [5.41, 5.74) is 1.41. The van der Waals surface area contributed by atoms with Crippen molar-refractivity contribution in [2.75, 3.05) is 18.2 Å². The van der Waals surface area contributed by atoms with Crippen molar-refractivity contribution in [1.29, 1.82) is 0 Å². The Labute approximate surface area is 161 Å². The van der Waals surface area contributed by atoms with Crippen molar-refractivity contribution in [3.63, 3.8) is 0 Å². The smallest absolute Gasteiger partial charge is 0.327 e. The van der Waals surface area contributed by atoms with Gasteiger partial charge in [-0.2, -0.15) is 12.6 Å². The normalized spacial score (nSPS) is 11.8. The highest BCUT2D eigenvalue weighted by molar-refractivity contribution is 7.80. The van der Waals surface area contributed by atoms with Crippen molar-refractivity contribution in [3.05, 3.63) is 65.7 Å². The SMILES string of the molecule is COc1ccc(C(=O)c2cc3ccccc3nc2NC(CS)C(=O)O)cc1. The lowest BCUT2D eigenvalue weighted by atomic mass is 10.0. The lowest BCUT2D eigenvalue weighted by molar-refractivity contribution is -0.137. The first kappa shape index (κ1) is 18.7. The second-order valence-electron chi connectivity index (χ2n) is 5.85. The van der Waals surface area contributed by atoms with Gasteiger partial charge in [0.25, 0.3) is 0 Å². The fourth-order valence-electron chi connectivity index (χ4n) is 2.65. The van der Waals surface area contributed by atoms with Gasteiger partial charge in [-0.3, -0.25) is 4.79 Å². The molecule has 0 aliphatic rings. The predicted molar refractivity (Wildman–Crippen MR) is 107 cm³/mol. The minimum absolute atomic E-state index is 0.0556. The van der Waals surface area contributed by atoms with E-state index in [1.807, 2.05) is 18.2 Å². The quantitative estimate of drug-likeness (QED) is 0.429. The maximum atomic E-state index is 13.1. The van der Waals surface area contributed by atoms with E-state index in [-0.39, 0.29) is 17.4 Å². The lowest BCUT2D eigenvalue weighted by Crippen LogP contribution is -2.32. The van der Waals surface area contributed by atoms with E-state index in [0.717, 1.165) is 5.39 Å². The summed E-state index contributed by atoms with van der Waals surface area (Å²) in [4.78, 5) is 28.9. The van der Waals surface area contributed by atoms with E-state index in [0.29, 0.717) is 22.4 Å². The van der Waals surface area contributed by atoms with Gasteiger partial charge in [-0.15, -0.1) is 0 Å². The standard InChI is InChI=1S/C20H18N2O4S/c1-26-14-8-6-12(7-9-14)18(23)15-10-13-4-2-3-5-16(13)21-19(15)22-17(11-27)20(24)25/h2-10,17,27H,11H2,1H3,(H,21,22)(H,24,25). The molecule has 1 heterocycles. The van der Waals surface area contributed by atoms with Crippen LogP contribution in [0.1, 0.15) is 15.9 Å². The molecule has 6 nitrogen and oxygen atoms in total. The largest absolute Gasteiger partial charge is 0.497 e. The molecule has 0 saturated carbocycles. The first-order valence-corrected chi connectivity index (χ1v) is 8.85. The van der Waals surface area contributed by atoms with E-state index in [1.165, 1.54) is 0 Å². The number of ketones is 1. The summed E-state index contributed by atoms with van der Waals surface area (Å²) < 4.78 is 5.12. The number of carboxylic acids is 1. The van der Waals surface area contributed by atoms with E-state index < -0.39 is 12.0 Å². The predicted octanol–water partition coefficient (Wildman–Crippen LogP) is 3.27. The van der Waals surface area contributed by atoms with Gasteiger partial charge >= 0.3 is 5.97 Å². The third-order valence-electron chi connectivity index (χ3n) is 4.11. The van der Waals surface area contributed by atoms with Gasteiger partial charge in [0.1, 0.15) is 17.6 Å². The Morgan fingerprint density at radius 2 is 1.89 bits per heavy atom. The number of pyridine rings is 1. The molecule has 7 heteroatoms. The van der Waals surface area contributed by atoms with Gasteiger partial charge < -0.3 is 15.2 Å². The fourth-order valence-corrected chi connectivity index (χ4v) is 2.89. The Balaban J connectivity index is 2.08. The number of anilines is 1. The Kier molecular flexibility index (Phi) is 5.61. The first-order valence-electron chi connectivity index (χ1n) is 8.22. The fraction of sp³-hybridized carbons (Fsp3) is 0.150. The van der Waals surface area contributed by atoms with Gasteiger partial charge in [0, 0.05) is 16.7 Å². The van der Waals surface area contributed by atoms with Gasteiger partial charge in [-0.1, -0.05) is 18.2 Å². The summed E-state index contributed by atoms with van der Waals surface area (Å²) in [5.74, 6) is -0.414. The number of rotatable bonds is 7. The van der Waals surface area contributed by atoms with Crippen LogP contribution in [0.5, 0.6) is 5.75 Å². The van der Waals surface area contributed by atoms with Crippen molar-refractivity contribution < 1.29 is 19.4 Å². The maximum absolute atomic E-state index is 13.1. The van der Waals surface area contributed by atoms with Crippen LogP contribution in [0.4, 0.5) is 5.82 Å². The topological polar surface area (TPSA) is 88.5 Å². The van der Waals surface area contributed by atoms with Crippen LogP contribution in [0, 0.1) is 0 Å². The van der Waals surface area contributed by atoms with Gasteiger partial charge in [0.05, 0.1) is 18.2 Å². The number of ether oxygens (including phenoxy) is 1. The molecule has 1 aromatic heterocycles. The average Bonchev–Trinajstić information content (AvgIpc) is 2.70. The number of hydrogen-bond donors (Lipinski definition) is 3. The number of hydrogen-bond acceptors (Lipinski definition) is 6. The van der Waals surface area contributed by atoms with Gasteiger partial charge in [0.2, 0.25) is 0 Å². The highest BCUT2D eigenvalue weighted by Gasteiger charge is 2.22. The number of nitrogens with one attached hydrogen (secondary N) is 1. The van der Waals surface area contributed by atoms with Crippen LogP contribution in [0.3, 0.4) is 0 Å². The summed E-state index contributed by atoms with van der Waals surface area (Å²) in [6.45, 7) is 0. The van der Waals surface area contributed by atoms with Crippen molar-refractivity contribution in [2.45, 2.75) is 6.04 Å². The summed E-state index contributed by atoms with van der Waals surface area (Å²) in [6, 6.07) is 14.8. The number of fused-ring (bicyclic) bond motifs is 1. The average molecular weight is 382 g/mol. The molecule has 0 radical (unpaired) electrons. The summed E-state index contributed by atoms with van der Waals surface area (Å²) in [7, 11) is 1.55. The number of carbonyl (C=O) groups excluding carboxylic acids is 1. The Morgan fingerprint density at radius 3 is 2.52 bits per heavy atom. The molecule has 0 aliphatic heterocycles. The van der Waals surface area contributed by atoms with Gasteiger partial charge in [-0.05, 0) is 36.4 Å². The molecule has 1 atom stereocenters. The van der Waals surface area contributed by atoms with E-state index in [2.05, 4.69) is 22.9 Å². The number of aliphatic carboxylic acids is 1. The monoisotopic (exact) mass is 382 g/mol. The first-order chi connectivity index (χ1) is 13.0. The van der Waals surface area contributed by atoms with E-state index in [4.69, 9.17) is 4.74 Å². The number of para-hydroxylation sites is 1. The van der Waals surface area contributed by atoms with Crippen LogP contribution in [-0.4, -0.2) is 40.7 Å². The Bertz CT molecular complexity index is 989. The number of benzene rings is 2. The second-order valence-corrected chi connectivity index (χ2v) is 6.22. The lowest BCUT2D eigenvalue weighted by Gasteiger charge is -2.16. The van der Waals surface area contributed by atoms with Crippen LogP contribution in [-0.2, 0) is 4.79 Å². The molecule has 0 saturated heterocycles. The zero-order valence-electron chi connectivity index (χ0n) is 14.5. The number of nitrogens with zero attached hydrogens (tertiary/aromatic N) is 1. The van der Waals surface area contributed by atoms with E-state index >= 15 is 0 Å². The number of carboxylic acid groups (broad SMARTS) is 1.